The predicted molar refractivity (Wildman–Crippen MR) is 70.3 cm³/mol. The third-order valence-electron chi connectivity index (χ3n) is 2.75. The molecule has 1 N–H and O–H groups in total. The Morgan fingerprint density at radius 2 is 2.11 bits per heavy atom. The summed E-state index contributed by atoms with van der Waals surface area (Å²) >= 11 is 0. The van der Waals surface area contributed by atoms with Crippen molar-refractivity contribution in [2.24, 2.45) is 0 Å². The number of ether oxygens (including phenoxy) is 1. The van der Waals surface area contributed by atoms with Crippen LogP contribution >= 0.6 is 0 Å². The molecular formula is C15H16FNO2. The zero-order chi connectivity index (χ0) is 13.8. The number of rotatable bonds is 4. The first kappa shape index (κ1) is 13.5. The number of hydrogen-bond acceptors (Lipinski definition) is 3. The average molecular weight is 261 g/mol. The number of aliphatic hydroxyl groups excluding tert-OH is 1. The summed E-state index contributed by atoms with van der Waals surface area (Å²) in [5.41, 5.74) is 1.97. The molecule has 2 rings (SSSR count). The number of aromatic nitrogens is 1. The van der Waals surface area contributed by atoms with Gasteiger partial charge in [0, 0.05) is 17.3 Å². The Bertz CT molecular complexity index is 570. The SMILES string of the molecule is Cc1cccc(COc2ccc([C@H](C)O)c(F)c2)n1. The number of aliphatic hydroxyl groups is 1. The van der Waals surface area contributed by atoms with Crippen LogP contribution in [0.5, 0.6) is 5.75 Å². The van der Waals surface area contributed by atoms with E-state index >= 15 is 0 Å². The van der Waals surface area contributed by atoms with E-state index in [1.807, 2.05) is 25.1 Å². The Labute approximate surface area is 111 Å². The Hall–Kier alpha value is -1.94. The van der Waals surface area contributed by atoms with Gasteiger partial charge in [0.15, 0.2) is 0 Å². The van der Waals surface area contributed by atoms with E-state index in [-0.39, 0.29) is 12.2 Å². The lowest BCUT2D eigenvalue weighted by Gasteiger charge is -2.10. The monoisotopic (exact) mass is 261 g/mol. The molecule has 2 aromatic rings. The number of nitrogens with zero attached hydrogens (tertiary/aromatic N) is 1. The molecule has 0 fully saturated rings. The summed E-state index contributed by atoms with van der Waals surface area (Å²) in [5.74, 6) is -0.0464. The molecule has 0 spiro atoms. The Kier molecular flexibility index (Phi) is 4.12. The second kappa shape index (κ2) is 5.80. The molecule has 1 heterocycles. The number of aryl methyl sites for hydroxylation is 1. The lowest BCUT2D eigenvalue weighted by Crippen LogP contribution is -2.01. The van der Waals surface area contributed by atoms with Gasteiger partial charge in [-0.1, -0.05) is 6.07 Å². The van der Waals surface area contributed by atoms with Crippen LogP contribution in [0.4, 0.5) is 4.39 Å². The van der Waals surface area contributed by atoms with Crippen LogP contribution in [0.25, 0.3) is 0 Å². The van der Waals surface area contributed by atoms with Crippen molar-refractivity contribution in [2.75, 3.05) is 0 Å². The zero-order valence-corrected chi connectivity index (χ0v) is 10.9. The van der Waals surface area contributed by atoms with Crippen LogP contribution in [0.1, 0.15) is 30.0 Å². The van der Waals surface area contributed by atoms with Crippen molar-refractivity contribution in [1.29, 1.82) is 0 Å². The Morgan fingerprint density at radius 3 is 2.74 bits per heavy atom. The van der Waals surface area contributed by atoms with E-state index in [4.69, 9.17) is 4.74 Å². The second-order valence-electron chi connectivity index (χ2n) is 4.42. The standard InChI is InChI=1S/C15H16FNO2/c1-10-4-3-5-12(17-10)9-19-13-6-7-14(11(2)18)15(16)8-13/h3-8,11,18H,9H2,1-2H3/t11-/m0/s1. The van der Waals surface area contributed by atoms with E-state index in [2.05, 4.69) is 4.98 Å². The first-order valence-electron chi connectivity index (χ1n) is 6.09. The molecule has 0 saturated heterocycles. The zero-order valence-electron chi connectivity index (χ0n) is 10.9. The molecule has 0 amide bonds. The van der Waals surface area contributed by atoms with E-state index in [1.165, 1.54) is 19.1 Å². The molecule has 1 aromatic heterocycles. The van der Waals surface area contributed by atoms with Gasteiger partial charge >= 0.3 is 0 Å². The fourth-order valence-electron chi connectivity index (χ4n) is 1.77. The predicted octanol–water partition coefficient (Wildman–Crippen LogP) is 3.16. The highest BCUT2D eigenvalue weighted by Crippen LogP contribution is 2.22. The van der Waals surface area contributed by atoms with Gasteiger partial charge < -0.3 is 9.84 Å². The molecule has 100 valence electrons. The molecule has 0 aliphatic heterocycles. The number of pyridine rings is 1. The highest BCUT2D eigenvalue weighted by atomic mass is 19.1. The molecule has 0 radical (unpaired) electrons. The summed E-state index contributed by atoms with van der Waals surface area (Å²) in [4.78, 5) is 4.30. The summed E-state index contributed by atoms with van der Waals surface area (Å²) in [5, 5.41) is 9.34. The normalized spacial score (nSPS) is 12.2. The third kappa shape index (κ3) is 3.51. The van der Waals surface area contributed by atoms with Crippen LogP contribution in [-0.4, -0.2) is 10.1 Å². The van der Waals surface area contributed by atoms with Gasteiger partial charge in [0.1, 0.15) is 18.2 Å². The summed E-state index contributed by atoms with van der Waals surface area (Å²) in [6.45, 7) is 3.71. The molecule has 0 saturated carbocycles. The summed E-state index contributed by atoms with van der Waals surface area (Å²) in [6, 6.07) is 10.1. The van der Waals surface area contributed by atoms with Crippen LogP contribution < -0.4 is 4.74 Å². The maximum atomic E-state index is 13.6. The first-order valence-corrected chi connectivity index (χ1v) is 6.09. The van der Waals surface area contributed by atoms with Gasteiger partial charge in [0.25, 0.3) is 0 Å². The molecule has 1 atom stereocenters. The highest BCUT2D eigenvalue weighted by molar-refractivity contribution is 5.30. The molecule has 1 aromatic carbocycles. The lowest BCUT2D eigenvalue weighted by atomic mass is 10.1. The van der Waals surface area contributed by atoms with Gasteiger partial charge in [0.2, 0.25) is 0 Å². The fraction of sp³-hybridized carbons (Fsp3) is 0.267. The minimum atomic E-state index is -0.826. The van der Waals surface area contributed by atoms with Crippen molar-refractivity contribution in [3.05, 3.63) is 59.2 Å². The largest absolute Gasteiger partial charge is 0.487 e. The molecule has 0 bridgehead atoms. The van der Waals surface area contributed by atoms with Crippen molar-refractivity contribution >= 4 is 0 Å². The van der Waals surface area contributed by atoms with Gasteiger partial charge in [-0.3, -0.25) is 4.98 Å². The number of halogens is 1. The van der Waals surface area contributed by atoms with Crippen LogP contribution in [0.3, 0.4) is 0 Å². The van der Waals surface area contributed by atoms with Crippen LogP contribution in [0.15, 0.2) is 36.4 Å². The third-order valence-corrected chi connectivity index (χ3v) is 2.75. The molecule has 19 heavy (non-hydrogen) atoms. The Balaban J connectivity index is 2.06. The topological polar surface area (TPSA) is 42.4 Å². The van der Waals surface area contributed by atoms with Gasteiger partial charge in [-0.15, -0.1) is 0 Å². The smallest absolute Gasteiger partial charge is 0.132 e. The van der Waals surface area contributed by atoms with Crippen molar-refractivity contribution in [3.8, 4) is 5.75 Å². The van der Waals surface area contributed by atoms with Crippen LogP contribution in [-0.2, 0) is 6.61 Å². The van der Waals surface area contributed by atoms with Crippen molar-refractivity contribution < 1.29 is 14.2 Å². The summed E-state index contributed by atoms with van der Waals surface area (Å²) in [7, 11) is 0. The van der Waals surface area contributed by atoms with Crippen molar-refractivity contribution in [3.63, 3.8) is 0 Å². The molecule has 0 aliphatic rings. The van der Waals surface area contributed by atoms with E-state index in [9.17, 15) is 9.50 Å². The number of hydrogen-bond donors (Lipinski definition) is 1. The fourth-order valence-corrected chi connectivity index (χ4v) is 1.77. The number of benzene rings is 1. The minimum Gasteiger partial charge on any atom is -0.487 e. The first-order chi connectivity index (χ1) is 9.06. The van der Waals surface area contributed by atoms with E-state index in [0.717, 1.165) is 11.4 Å². The minimum absolute atomic E-state index is 0.265. The van der Waals surface area contributed by atoms with Crippen LogP contribution in [0.2, 0.25) is 0 Å². The van der Waals surface area contributed by atoms with Gasteiger partial charge in [-0.05, 0) is 38.1 Å². The molecule has 4 heteroatoms. The maximum absolute atomic E-state index is 13.6. The molecule has 0 unspecified atom stereocenters. The van der Waals surface area contributed by atoms with Crippen molar-refractivity contribution in [2.45, 2.75) is 26.6 Å². The van der Waals surface area contributed by atoms with Gasteiger partial charge in [0.05, 0.1) is 11.8 Å². The van der Waals surface area contributed by atoms with Gasteiger partial charge in [-0.25, -0.2) is 4.39 Å². The second-order valence-corrected chi connectivity index (χ2v) is 4.42. The molecule has 3 nitrogen and oxygen atoms in total. The van der Waals surface area contributed by atoms with Crippen LogP contribution in [0, 0.1) is 12.7 Å². The quantitative estimate of drug-likeness (QED) is 0.919. The van der Waals surface area contributed by atoms with Crippen molar-refractivity contribution in [1.82, 2.24) is 4.98 Å². The summed E-state index contributed by atoms with van der Waals surface area (Å²) in [6.07, 6.45) is -0.826. The van der Waals surface area contributed by atoms with E-state index in [0.29, 0.717) is 5.75 Å². The maximum Gasteiger partial charge on any atom is 0.132 e. The molecular weight excluding hydrogens is 245 g/mol. The van der Waals surface area contributed by atoms with E-state index in [1.54, 1.807) is 6.07 Å². The van der Waals surface area contributed by atoms with E-state index < -0.39 is 11.9 Å². The highest BCUT2D eigenvalue weighted by Gasteiger charge is 2.09. The summed E-state index contributed by atoms with van der Waals surface area (Å²) < 4.78 is 19.1. The van der Waals surface area contributed by atoms with Gasteiger partial charge in [-0.2, -0.15) is 0 Å². The molecule has 0 aliphatic carbocycles. The lowest BCUT2D eigenvalue weighted by molar-refractivity contribution is 0.193. The Morgan fingerprint density at radius 1 is 1.32 bits per heavy atom. The average Bonchev–Trinajstić information content (AvgIpc) is 2.36.